The highest BCUT2D eigenvalue weighted by Crippen LogP contribution is 2.31. The number of hydrogen-bond donors (Lipinski definition) is 1. The molecule has 1 aromatic heterocycles. The van der Waals surface area contributed by atoms with Gasteiger partial charge in [-0.1, -0.05) is 6.92 Å². The highest BCUT2D eigenvalue weighted by atomic mass is 16.2. The molecule has 0 unspecified atom stereocenters. The van der Waals surface area contributed by atoms with Crippen LogP contribution in [0.2, 0.25) is 0 Å². The molecule has 1 aliphatic heterocycles. The molecule has 0 aliphatic carbocycles. The molecule has 2 heterocycles. The molecule has 6 nitrogen and oxygen atoms in total. The van der Waals surface area contributed by atoms with Crippen molar-refractivity contribution >= 4 is 17.3 Å². The monoisotopic (exact) mass is 271 g/mol. The number of fused-ring (bicyclic) bond motifs is 1. The van der Waals surface area contributed by atoms with E-state index in [1.807, 2.05) is 22.9 Å². The highest BCUT2D eigenvalue weighted by molar-refractivity contribution is 6.01. The van der Waals surface area contributed by atoms with Crippen LogP contribution in [0, 0.1) is 0 Å². The van der Waals surface area contributed by atoms with Crippen LogP contribution in [0.3, 0.4) is 0 Å². The summed E-state index contributed by atoms with van der Waals surface area (Å²) in [5, 5.41) is 4.19. The van der Waals surface area contributed by atoms with Gasteiger partial charge in [0.05, 0.1) is 13.0 Å². The van der Waals surface area contributed by atoms with Gasteiger partial charge in [-0.25, -0.2) is 9.67 Å². The lowest BCUT2D eigenvalue weighted by atomic mass is 10.1. The van der Waals surface area contributed by atoms with Crippen LogP contribution in [0.4, 0.5) is 11.4 Å². The van der Waals surface area contributed by atoms with Gasteiger partial charge < -0.3 is 10.6 Å². The first-order valence-corrected chi connectivity index (χ1v) is 6.74. The number of aromatic nitrogens is 3. The van der Waals surface area contributed by atoms with Crippen molar-refractivity contribution in [2.75, 3.05) is 10.6 Å². The van der Waals surface area contributed by atoms with Gasteiger partial charge in [0.25, 0.3) is 0 Å². The van der Waals surface area contributed by atoms with Crippen LogP contribution in [0.15, 0.2) is 24.5 Å². The van der Waals surface area contributed by atoms with E-state index in [0.29, 0.717) is 18.7 Å². The van der Waals surface area contributed by atoms with Crippen molar-refractivity contribution in [1.29, 1.82) is 0 Å². The van der Waals surface area contributed by atoms with Gasteiger partial charge in [-0.3, -0.25) is 4.79 Å². The lowest BCUT2D eigenvalue weighted by Crippen LogP contribution is -2.28. The number of carbonyl (C=O) groups excluding carboxylic acids is 1. The third-order valence-corrected chi connectivity index (χ3v) is 3.47. The second-order valence-electron chi connectivity index (χ2n) is 4.94. The fourth-order valence-corrected chi connectivity index (χ4v) is 2.53. The summed E-state index contributed by atoms with van der Waals surface area (Å²) in [7, 11) is 0. The van der Waals surface area contributed by atoms with E-state index in [9.17, 15) is 4.79 Å². The maximum Gasteiger partial charge on any atom is 0.231 e. The fraction of sp³-hybridized carbons (Fsp3) is 0.357. The first kappa shape index (κ1) is 12.7. The Hall–Kier alpha value is -2.37. The molecule has 0 radical (unpaired) electrons. The molecule has 6 heteroatoms. The minimum absolute atomic E-state index is 0.0802. The van der Waals surface area contributed by atoms with Gasteiger partial charge >= 0.3 is 0 Å². The van der Waals surface area contributed by atoms with E-state index in [2.05, 4.69) is 17.0 Å². The summed E-state index contributed by atoms with van der Waals surface area (Å²) in [6.45, 7) is 3.35. The summed E-state index contributed by atoms with van der Waals surface area (Å²) in [6.07, 6.45) is 2.93. The molecular formula is C14H17N5O. The molecule has 0 saturated heterocycles. The van der Waals surface area contributed by atoms with E-state index in [1.54, 1.807) is 4.90 Å². The molecular weight excluding hydrogens is 254 g/mol. The predicted octanol–water partition coefficient (Wildman–Crippen LogP) is 1.36. The second kappa shape index (κ2) is 4.96. The number of amides is 1. The first-order chi connectivity index (χ1) is 9.69. The summed E-state index contributed by atoms with van der Waals surface area (Å²) in [5.41, 5.74) is 8.36. The Bertz CT molecular complexity index is 649. The molecule has 0 fully saturated rings. The number of carbonyl (C=O) groups is 1. The zero-order valence-corrected chi connectivity index (χ0v) is 11.4. The van der Waals surface area contributed by atoms with Crippen molar-refractivity contribution in [3.8, 4) is 0 Å². The molecule has 0 spiro atoms. The number of nitrogens with two attached hydrogens (primary N) is 1. The van der Waals surface area contributed by atoms with Crippen molar-refractivity contribution in [2.45, 2.75) is 32.9 Å². The van der Waals surface area contributed by atoms with Crippen LogP contribution >= 0.6 is 0 Å². The van der Waals surface area contributed by atoms with Gasteiger partial charge in [0, 0.05) is 17.9 Å². The summed E-state index contributed by atoms with van der Waals surface area (Å²) in [4.78, 5) is 18.2. The van der Waals surface area contributed by atoms with Gasteiger partial charge in [-0.15, -0.1) is 0 Å². The van der Waals surface area contributed by atoms with Crippen molar-refractivity contribution in [3.63, 3.8) is 0 Å². The maximum absolute atomic E-state index is 12.2. The van der Waals surface area contributed by atoms with E-state index in [1.165, 1.54) is 6.33 Å². The molecule has 1 aromatic carbocycles. The summed E-state index contributed by atoms with van der Waals surface area (Å²) < 4.78 is 1.85. The van der Waals surface area contributed by atoms with Crippen molar-refractivity contribution < 1.29 is 4.79 Å². The van der Waals surface area contributed by atoms with Crippen LogP contribution < -0.4 is 10.6 Å². The van der Waals surface area contributed by atoms with Crippen LogP contribution in [-0.4, -0.2) is 20.7 Å². The summed E-state index contributed by atoms with van der Waals surface area (Å²) in [6, 6.07) is 5.58. The first-order valence-electron chi connectivity index (χ1n) is 6.74. The average molecular weight is 271 g/mol. The molecule has 1 amide bonds. The minimum Gasteiger partial charge on any atom is -0.399 e. The Balaban J connectivity index is 1.88. The van der Waals surface area contributed by atoms with E-state index < -0.39 is 0 Å². The van der Waals surface area contributed by atoms with Crippen LogP contribution in [-0.2, 0) is 24.3 Å². The Morgan fingerprint density at radius 1 is 1.40 bits per heavy atom. The molecule has 104 valence electrons. The van der Waals surface area contributed by atoms with Crippen molar-refractivity contribution in [2.24, 2.45) is 0 Å². The molecule has 0 atom stereocenters. The topological polar surface area (TPSA) is 77.0 Å². The summed E-state index contributed by atoms with van der Waals surface area (Å²) >= 11 is 0. The van der Waals surface area contributed by atoms with E-state index >= 15 is 0 Å². The lowest BCUT2D eigenvalue weighted by molar-refractivity contribution is -0.117. The van der Waals surface area contributed by atoms with Crippen LogP contribution in [0.5, 0.6) is 0 Å². The standard InChI is InChI=1S/C14H17N5O/c1-2-5-19-13(16-9-17-19)8-18-12-4-3-11(15)6-10(12)7-14(18)20/h3-4,6,9H,2,5,7-8,15H2,1H3. The smallest absolute Gasteiger partial charge is 0.231 e. The van der Waals surface area contributed by atoms with Crippen molar-refractivity contribution in [1.82, 2.24) is 14.8 Å². The number of hydrogen-bond acceptors (Lipinski definition) is 4. The Morgan fingerprint density at radius 2 is 2.25 bits per heavy atom. The van der Waals surface area contributed by atoms with Gasteiger partial charge in [0.1, 0.15) is 12.2 Å². The highest BCUT2D eigenvalue weighted by Gasteiger charge is 2.28. The molecule has 1 aliphatic rings. The molecule has 0 bridgehead atoms. The molecule has 0 saturated carbocycles. The van der Waals surface area contributed by atoms with Crippen LogP contribution in [0.25, 0.3) is 0 Å². The number of nitrogen functional groups attached to an aromatic ring is 1. The molecule has 2 N–H and O–H groups in total. The minimum atomic E-state index is 0.0802. The Labute approximate surface area is 117 Å². The number of aryl methyl sites for hydroxylation is 1. The molecule has 3 rings (SSSR count). The number of rotatable bonds is 4. The predicted molar refractivity (Wildman–Crippen MR) is 76.1 cm³/mol. The largest absolute Gasteiger partial charge is 0.399 e. The van der Waals surface area contributed by atoms with Gasteiger partial charge in [-0.05, 0) is 30.2 Å². The zero-order valence-electron chi connectivity index (χ0n) is 11.4. The lowest BCUT2D eigenvalue weighted by Gasteiger charge is -2.17. The third-order valence-electron chi connectivity index (χ3n) is 3.47. The second-order valence-corrected chi connectivity index (χ2v) is 4.94. The van der Waals surface area contributed by atoms with Crippen LogP contribution in [0.1, 0.15) is 24.7 Å². The number of anilines is 2. The van der Waals surface area contributed by atoms with Gasteiger partial charge in [0.15, 0.2) is 0 Å². The molecule has 20 heavy (non-hydrogen) atoms. The number of nitrogens with zero attached hydrogens (tertiary/aromatic N) is 4. The zero-order chi connectivity index (χ0) is 14.1. The Kier molecular flexibility index (Phi) is 3.14. The van der Waals surface area contributed by atoms with E-state index in [0.717, 1.165) is 30.0 Å². The van der Waals surface area contributed by atoms with Gasteiger partial charge in [-0.2, -0.15) is 5.10 Å². The van der Waals surface area contributed by atoms with E-state index in [-0.39, 0.29) is 5.91 Å². The molecule has 2 aromatic rings. The SMILES string of the molecule is CCCn1ncnc1CN1C(=O)Cc2cc(N)ccc21. The quantitative estimate of drug-likeness (QED) is 0.852. The van der Waals surface area contributed by atoms with Gasteiger partial charge in [0.2, 0.25) is 5.91 Å². The van der Waals surface area contributed by atoms with E-state index in [4.69, 9.17) is 5.73 Å². The fourth-order valence-electron chi connectivity index (χ4n) is 2.53. The average Bonchev–Trinajstić information content (AvgIpc) is 2.96. The van der Waals surface area contributed by atoms with Crippen molar-refractivity contribution in [3.05, 3.63) is 35.9 Å². The normalized spacial score (nSPS) is 13.8. The summed E-state index contributed by atoms with van der Waals surface area (Å²) in [5.74, 6) is 0.890. The maximum atomic E-state index is 12.2. The number of benzene rings is 1. The third kappa shape index (κ3) is 2.13. The Morgan fingerprint density at radius 3 is 3.05 bits per heavy atom.